The van der Waals surface area contributed by atoms with Gasteiger partial charge in [-0.3, -0.25) is 9.89 Å². The Morgan fingerprint density at radius 1 is 1.27 bits per heavy atom. The van der Waals surface area contributed by atoms with E-state index in [0.717, 1.165) is 47.4 Å². The second-order valence-corrected chi connectivity index (χ2v) is 8.86. The van der Waals surface area contributed by atoms with Gasteiger partial charge in [0.1, 0.15) is 0 Å². The lowest BCUT2D eigenvalue weighted by atomic mass is 10.1. The molecule has 1 fully saturated rings. The summed E-state index contributed by atoms with van der Waals surface area (Å²) in [5, 5.41) is 15.9. The minimum absolute atomic E-state index is 0.191. The maximum absolute atomic E-state index is 12.9. The molecule has 166 valence electrons. The molecule has 4 heterocycles. The monoisotopic (exact) mass is 438 g/mol. The molecule has 2 atom stereocenters. The number of H-pyrrole nitrogens is 1. The van der Waals surface area contributed by atoms with Gasteiger partial charge in [-0.25, -0.2) is 4.98 Å². The number of benzene rings is 1. The van der Waals surface area contributed by atoms with Crippen LogP contribution >= 0.6 is 0 Å². The highest BCUT2D eigenvalue weighted by Gasteiger charge is 2.32. The van der Waals surface area contributed by atoms with Crippen LogP contribution in [0, 0.1) is 17.2 Å². The topological polar surface area (TPSA) is 90.6 Å². The normalized spacial score (nSPS) is 18.0. The average molecular weight is 439 g/mol. The van der Waals surface area contributed by atoms with Crippen LogP contribution in [0.25, 0.3) is 22.3 Å². The van der Waals surface area contributed by atoms with E-state index in [9.17, 15) is 4.79 Å². The lowest BCUT2D eigenvalue weighted by molar-refractivity contribution is -0.131. The Hall–Kier alpha value is -3.92. The van der Waals surface area contributed by atoms with E-state index in [1.54, 1.807) is 12.3 Å². The number of carbonyl (C=O) groups excluding carboxylic acids is 1. The number of hydrogen-bond donors (Lipinski definition) is 1. The van der Waals surface area contributed by atoms with E-state index in [4.69, 9.17) is 10.2 Å². The molecule has 4 aromatic rings. The van der Waals surface area contributed by atoms with Gasteiger partial charge >= 0.3 is 0 Å². The van der Waals surface area contributed by atoms with Crippen molar-refractivity contribution in [2.24, 2.45) is 5.92 Å². The van der Waals surface area contributed by atoms with Gasteiger partial charge in [0, 0.05) is 43.5 Å². The Bertz CT molecular complexity index is 1320. The lowest BCUT2D eigenvalue weighted by Crippen LogP contribution is -2.34. The molecule has 0 radical (unpaired) electrons. The molecule has 1 aromatic carbocycles. The van der Waals surface area contributed by atoms with Crippen LogP contribution in [0.5, 0.6) is 0 Å². The number of amides is 1. The van der Waals surface area contributed by atoms with Crippen molar-refractivity contribution in [3.05, 3.63) is 72.2 Å². The van der Waals surface area contributed by atoms with Gasteiger partial charge in [-0.2, -0.15) is 10.4 Å². The van der Waals surface area contributed by atoms with Crippen molar-refractivity contribution < 1.29 is 4.79 Å². The fourth-order valence-corrected chi connectivity index (χ4v) is 4.88. The van der Waals surface area contributed by atoms with Gasteiger partial charge in [-0.15, -0.1) is 0 Å². The van der Waals surface area contributed by atoms with Crippen molar-refractivity contribution in [1.29, 1.82) is 5.26 Å². The third-order valence-electron chi connectivity index (χ3n) is 6.54. The number of likely N-dealkylation sites (tertiary alicyclic amines) is 1. The molecule has 5 rings (SSSR count). The van der Waals surface area contributed by atoms with E-state index in [1.165, 1.54) is 0 Å². The summed E-state index contributed by atoms with van der Waals surface area (Å²) in [4.78, 5) is 19.7. The number of nitrogens with zero attached hydrogens (tertiary/aromatic N) is 5. The average Bonchev–Trinajstić information content (AvgIpc) is 3.58. The number of aromatic nitrogens is 4. The highest BCUT2D eigenvalue weighted by molar-refractivity contribution is 5.79. The third-order valence-corrected chi connectivity index (χ3v) is 6.54. The second-order valence-electron chi connectivity index (χ2n) is 8.86. The smallest absolute Gasteiger partial charge is 0.223 e. The fraction of sp³-hybridized carbons (Fsp3) is 0.308. The van der Waals surface area contributed by atoms with Crippen molar-refractivity contribution >= 4 is 16.9 Å². The number of aromatic amines is 1. The minimum atomic E-state index is 0.191. The molecule has 1 amide bonds. The zero-order valence-electron chi connectivity index (χ0n) is 18.6. The van der Waals surface area contributed by atoms with Crippen LogP contribution in [0.15, 0.2) is 61.1 Å². The van der Waals surface area contributed by atoms with Gasteiger partial charge in [0.25, 0.3) is 0 Å². The molecular formula is C26H26N6O. The van der Waals surface area contributed by atoms with Crippen molar-refractivity contribution in [1.82, 2.24) is 24.6 Å². The molecule has 3 aromatic heterocycles. The van der Waals surface area contributed by atoms with E-state index in [-0.39, 0.29) is 11.9 Å². The summed E-state index contributed by atoms with van der Waals surface area (Å²) in [6.07, 6.45) is 7.84. The van der Waals surface area contributed by atoms with Gasteiger partial charge in [0.15, 0.2) is 0 Å². The Labute approximate surface area is 192 Å². The summed E-state index contributed by atoms with van der Waals surface area (Å²) < 4.78 is 2.25. The molecule has 1 unspecified atom stereocenters. The van der Waals surface area contributed by atoms with Gasteiger partial charge < -0.3 is 9.47 Å². The number of hydrogen-bond acceptors (Lipinski definition) is 4. The molecule has 0 aliphatic carbocycles. The number of carbonyl (C=O) groups is 1. The van der Waals surface area contributed by atoms with Crippen molar-refractivity contribution in [3.63, 3.8) is 0 Å². The highest BCUT2D eigenvalue weighted by atomic mass is 16.2. The van der Waals surface area contributed by atoms with Gasteiger partial charge in [0.05, 0.1) is 34.6 Å². The van der Waals surface area contributed by atoms with E-state index >= 15 is 0 Å². The lowest BCUT2D eigenvalue weighted by Gasteiger charge is -2.21. The third kappa shape index (κ3) is 4.37. The summed E-state index contributed by atoms with van der Waals surface area (Å²) in [5.41, 5.74) is 5.62. The maximum atomic E-state index is 12.9. The minimum Gasteiger partial charge on any atom is -0.346 e. The Morgan fingerprint density at radius 3 is 3.00 bits per heavy atom. The Kier molecular flexibility index (Phi) is 5.66. The molecule has 0 saturated carbocycles. The molecule has 0 spiro atoms. The van der Waals surface area contributed by atoms with Crippen molar-refractivity contribution in [2.75, 3.05) is 6.54 Å². The zero-order valence-corrected chi connectivity index (χ0v) is 18.6. The number of fused-ring (bicyclic) bond motifs is 1. The quantitative estimate of drug-likeness (QED) is 0.489. The summed E-state index contributed by atoms with van der Waals surface area (Å²) in [6.45, 7) is 3.79. The number of nitrogens with one attached hydrogen (secondary N) is 1. The number of nitriles is 1. The molecule has 0 bridgehead atoms. The maximum Gasteiger partial charge on any atom is 0.223 e. The number of aryl methyl sites for hydroxylation is 1. The largest absolute Gasteiger partial charge is 0.346 e. The van der Waals surface area contributed by atoms with Crippen LogP contribution in [0.2, 0.25) is 0 Å². The van der Waals surface area contributed by atoms with Crippen LogP contribution in [-0.4, -0.2) is 43.1 Å². The van der Waals surface area contributed by atoms with E-state index < -0.39 is 0 Å². The first-order chi connectivity index (χ1) is 16.1. The molecule has 1 aliphatic rings. The highest BCUT2D eigenvalue weighted by Crippen LogP contribution is 2.28. The van der Waals surface area contributed by atoms with Gasteiger partial charge in [0.2, 0.25) is 5.91 Å². The van der Waals surface area contributed by atoms with Gasteiger partial charge in [-0.05, 0) is 61.6 Å². The summed E-state index contributed by atoms with van der Waals surface area (Å²) in [6, 6.07) is 16.1. The molecule has 1 saturated heterocycles. The standard InChI is InChI=1S/C26H26N6O/c1-18-11-21(17-32(18)26(33)8-5-19-3-2-4-20(12-19)13-27)16-31-10-9-24-25(31)7-6-23(30-24)22-14-28-29-15-22/h2-4,6-7,9-10,12,14-15,18,21H,5,8,11,16-17H2,1H3,(H,28,29)/t18-,21?/m1/s1. The Morgan fingerprint density at radius 2 is 2.18 bits per heavy atom. The molecule has 7 heteroatoms. The first-order valence-corrected chi connectivity index (χ1v) is 11.3. The summed E-state index contributed by atoms with van der Waals surface area (Å²) in [5.74, 6) is 0.603. The van der Waals surface area contributed by atoms with Crippen LogP contribution in [-0.2, 0) is 17.8 Å². The number of rotatable bonds is 6. The number of pyridine rings is 1. The predicted octanol–water partition coefficient (Wildman–Crippen LogP) is 4.17. The fourth-order valence-electron chi connectivity index (χ4n) is 4.88. The van der Waals surface area contributed by atoms with E-state index in [2.05, 4.69) is 46.1 Å². The second kappa shape index (κ2) is 8.91. The molecule has 7 nitrogen and oxygen atoms in total. The first kappa shape index (κ1) is 21.0. The molecule has 1 aliphatic heterocycles. The van der Waals surface area contributed by atoms with Crippen molar-refractivity contribution in [3.8, 4) is 17.3 Å². The molecule has 1 N–H and O–H groups in total. The van der Waals surface area contributed by atoms with Crippen molar-refractivity contribution in [2.45, 2.75) is 38.8 Å². The SMILES string of the molecule is C[C@@H]1CC(Cn2ccc3nc(-c4cn[nH]c4)ccc32)CN1C(=O)CCc1cccc(C#N)c1. The van der Waals surface area contributed by atoms with Crippen LogP contribution in [0.1, 0.15) is 30.9 Å². The van der Waals surface area contributed by atoms with E-state index in [0.29, 0.717) is 24.3 Å². The van der Waals surface area contributed by atoms with Crippen LogP contribution in [0.4, 0.5) is 0 Å². The summed E-state index contributed by atoms with van der Waals surface area (Å²) in [7, 11) is 0. The van der Waals surface area contributed by atoms with Crippen LogP contribution in [0.3, 0.4) is 0 Å². The zero-order chi connectivity index (χ0) is 22.8. The first-order valence-electron chi connectivity index (χ1n) is 11.3. The van der Waals surface area contributed by atoms with Crippen LogP contribution < -0.4 is 0 Å². The van der Waals surface area contributed by atoms with Gasteiger partial charge in [-0.1, -0.05) is 12.1 Å². The Balaban J connectivity index is 1.22. The van der Waals surface area contributed by atoms with E-state index in [1.807, 2.05) is 35.4 Å². The predicted molar refractivity (Wildman–Crippen MR) is 126 cm³/mol. The molecular weight excluding hydrogens is 412 g/mol. The molecule has 33 heavy (non-hydrogen) atoms. The summed E-state index contributed by atoms with van der Waals surface area (Å²) >= 11 is 0.